The SMILES string of the molecule is O=c1c(-c2ccccc2)c(O)c2cc(-c3cccc(-c4ccccc4)c3)cnc2n1O. The number of benzene rings is 3. The summed E-state index contributed by atoms with van der Waals surface area (Å²) in [6.45, 7) is 0. The Hall–Kier alpha value is -4.38. The van der Waals surface area contributed by atoms with Crippen molar-refractivity contribution in [3.8, 4) is 39.1 Å². The lowest BCUT2D eigenvalue weighted by Gasteiger charge is -2.12. The molecule has 0 aliphatic rings. The van der Waals surface area contributed by atoms with Crippen molar-refractivity contribution >= 4 is 11.0 Å². The molecule has 2 N–H and O–H groups in total. The van der Waals surface area contributed by atoms with Gasteiger partial charge < -0.3 is 10.3 Å². The van der Waals surface area contributed by atoms with Crippen molar-refractivity contribution in [1.82, 2.24) is 9.71 Å². The van der Waals surface area contributed by atoms with Crippen LogP contribution in [0.25, 0.3) is 44.4 Å². The van der Waals surface area contributed by atoms with Crippen molar-refractivity contribution < 1.29 is 10.3 Å². The molecule has 0 atom stereocenters. The molecule has 2 heterocycles. The van der Waals surface area contributed by atoms with E-state index in [0.717, 1.165) is 22.3 Å². The highest BCUT2D eigenvalue weighted by molar-refractivity contribution is 5.92. The smallest absolute Gasteiger partial charge is 0.296 e. The summed E-state index contributed by atoms with van der Waals surface area (Å²) in [6, 6.07) is 28.5. The van der Waals surface area contributed by atoms with Gasteiger partial charge in [0.2, 0.25) is 0 Å². The lowest BCUT2D eigenvalue weighted by Crippen LogP contribution is -2.21. The molecule has 0 aliphatic heterocycles. The molecule has 5 heteroatoms. The van der Waals surface area contributed by atoms with Crippen LogP contribution in [0.2, 0.25) is 0 Å². The second kappa shape index (κ2) is 7.46. The number of aromatic nitrogens is 2. The molecule has 0 amide bonds. The maximum Gasteiger partial charge on any atom is 0.296 e. The van der Waals surface area contributed by atoms with Gasteiger partial charge in [-0.3, -0.25) is 4.79 Å². The van der Waals surface area contributed by atoms with Gasteiger partial charge in [-0.05, 0) is 34.4 Å². The molecule has 0 saturated carbocycles. The number of hydrogen-bond donors (Lipinski definition) is 2. The Morgan fingerprint density at radius 2 is 1.26 bits per heavy atom. The predicted octanol–water partition coefficient (Wildman–Crippen LogP) is 5.34. The Kier molecular flexibility index (Phi) is 4.49. The first-order chi connectivity index (χ1) is 15.1. The maximum absolute atomic E-state index is 12.7. The predicted molar refractivity (Wildman–Crippen MR) is 121 cm³/mol. The molecule has 0 saturated heterocycles. The normalized spacial score (nSPS) is 11.0. The minimum atomic E-state index is -0.720. The molecule has 5 nitrogen and oxygen atoms in total. The Bertz CT molecular complexity index is 1460. The summed E-state index contributed by atoms with van der Waals surface area (Å²) in [5.74, 6) is -0.204. The van der Waals surface area contributed by atoms with Gasteiger partial charge in [-0.25, -0.2) is 4.98 Å². The largest absolute Gasteiger partial charge is 0.506 e. The zero-order valence-electron chi connectivity index (χ0n) is 16.4. The van der Waals surface area contributed by atoms with Crippen LogP contribution in [0.5, 0.6) is 5.75 Å². The van der Waals surface area contributed by atoms with Crippen LogP contribution in [0, 0.1) is 0 Å². The lowest BCUT2D eigenvalue weighted by molar-refractivity contribution is 0.186. The molecule has 0 unspecified atom stereocenters. The van der Waals surface area contributed by atoms with Gasteiger partial charge in [0.25, 0.3) is 5.56 Å². The molecule has 150 valence electrons. The Labute approximate surface area is 178 Å². The van der Waals surface area contributed by atoms with Gasteiger partial charge in [0.15, 0.2) is 5.65 Å². The summed E-state index contributed by atoms with van der Waals surface area (Å²) in [5.41, 5.74) is 3.66. The molecule has 0 spiro atoms. The van der Waals surface area contributed by atoms with Crippen LogP contribution >= 0.6 is 0 Å². The summed E-state index contributed by atoms with van der Waals surface area (Å²) in [4.78, 5) is 16.9. The highest BCUT2D eigenvalue weighted by Crippen LogP contribution is 2.34. The van der Waals surface area contributed by atoms with E-state index < -0.39 is 5.56 Å². The number of aromatic hydroxyl groups is 1. The van der Waals surface area contributed by atoms with Crippen LogP contribution in [0.15, 0.2) is 102 Å². The van der Waals surface area contributed by atoms with Crippen LogP contribution in [0.4, 0.5) is 0 Å². The molecule has 0 fully saturated rings. The van der Waals surface area contributed by atoms with Crippen LogP contribution in [0.3, 0.4) is 0 Å². The summed E-state index contributed by atoms with van der Waals surface area (Å²) in [7, 11) is 0. The van der Waals surface area contributed by atoms with Crippen molar-refractivity contribution in [3.63, 3.8) is 0 Å². The van der Waals surface area contributed by atoms with Crippen molar-refractivity contribution in [3.05, 3.63) is 108 Å². The summed E-state index contributed by atoms with van der Waals surface area (Å²) in [6.07, 6.45) is 1.58. The third-order valence-corrected chi connectivity index (χ3v) is 5.33. The molecule has 5 aromatic rings. The van der Waals surface area contributed by atoms with E-state index in [1.807, 2.05) is 60.7 Å². The van der Waals surface area contributed by atoms with E-state index >= 15 is 0 Å². The van der Waals surface area contributed by atoms with Gasteiger partial charge in [0, 0.05) is 11.8 Å². The second-order valence-corrected chi connectivity index (χ2v) is 7.25. The second-order valence-electron chi connectivity index (χ2n) is 7.25. The topological polar surface area (TPSA) is 75.3 Å². The fourth-order valence-electron chi connectivity index (χ4n) is 3.77. The highest BCUT2D eigenvalue weighted by Gasteiger charge is 2.19. The third-order valence-electron chi connectivity index (χ3n) is 5.33. The van der Waals surface area contributed by atoms with Gasteiger partial charge in [-0.2, -0.15) is 0 Å². The molecule has 0 radical (unpaired) electrons. The molecule has 3 aromatic carbocycles. The average Bonchev–Trinajstić information content (AvgIpc) is 2.84. The van der Waals surface area contributed by atoms with Crippen molar-refractivity contribution in [1.29, 1.82) is 0 Å². The fraction of sp³-hybridized carbons (Fsp3) is 0. The van der Waals surface area contributed by atoms with Crippen molar-refractivity contribution in [2.24, 2.45) is 0 Å². The van der Waals surface area contributed by atoms with Gasteiger partial charge in [0.1, 0.15) is 5.75 Å². The molecule has 0 aliphatic carbocycles. The van der Waals surface area contributed by atoms with Crippen LogP contribution in [-0.4, -0.2) is 20.0 Å². The quantitative estimate of drug-likeness (QED) is 0.397. The monoisotopic (exact) mass is 406 g/mol. The van der Waals surface area contributed by atoms with E-state index in [2.05, 4.69) is 4.98 Å². The number of pyridine rings is 2. The van der Waals surface area contributed by atoms with Gasteiger partial charge >= 0.3 is 0 Å². The number of rotatable bonds is 3. The Balaban J connectivity index is 1.70. The van der Waals surface area contributed by atoms with Crippen LogP contribution in [0.1, 0.15) is 0 Å². The molecule has 31 heavy (non-hydrogen) atoms. The zero-order valence-corrected chi connectivity index (χ0v) is 16.4. The van der Waals surface area contributed by atoms with Gasteiger partial charge in [0.05, 0.1) is 10.9 Å². The average molecular weight is 406 g/mol. The standard InChI is InChI=1S/C26H18N2O3/c29-24-22-15-21(20-13-7-12-19(14-20)17-8-3-1-4-9-17)16-27-25(22)28(31)26(30)23(24)18-10-5-2-6-11-18/h1-16,29,31H. The van der Waals surface area contributed by atoms with Crippen molar-refractivity contribution in [2.75, 3.05) is 0 Å². The van der Waals surface area contributed by atoms with Crippen molar-refractivity contribution in [2.45, 2.75) is 0 Å². The van der Waals surface area contributed by atoms with Gasteiger partial charge in [-0.1, -0.05) is 78.9 Å². The third kappa shape index (κ3) is 3.22. The lowest BCUT2D eigenvalue weighted by atomic mass is 9.98. The number of nitrogens with zero attached hydrogens (tertiary/aromatic N) is 2. The number of hydrogen-bond acceptors (Lipinski definition) is 4. The first kappa shape index (κ1) is 18.6. The summed E-state index contributed by atoms with van der Waals surface area (Å²) >= 11 is 0. The van der Waals surface area contributed by atoms with E-state index in [-0.39, 0.29) is 17.0 Å². The molecule has 5 rings (SSSR count). The molecule has 2 aromatic heterocycles. The molecular formula is C26H18N2O3. The minimum absolute atomic E-state index is 0.00476. The Morgan fingerprint density at radius 1 is 0.677 bits per heavy atom. The minimum Gasteiger partial charge on any atom is -0.506 e. The number of fused-ring (bicyclic) bond motifs is 1. The van der Waals surface area contributed by atoms with Crippen LogP contribution in [-0.2, 0) is 0 Å². The molecular weight excluding hydrogens is 388 g/mol. The van der Waals surface area contributed by atoms with E-state index in [9.17, 15) is 15.1 Å². The summed E-state index contributed by atoms with van der Waals surface area (Å²) < 4.78 is 0.488. The maximum atomic E-state index is 12.7. The molecule has 0 bridgehead atoms. The van der Waals surface area contributed by atoms with E-state index in [1.165, 1.54) is 0 Å². The van der Waals surface area contributed by atoms with E-state index in [0.29, 0.717) is 15.7 Å². The van der Waals surface area contributed by atoms with Gasteiger partial charge in [-0.15, -0.1) is 4.73 Å². The van der Waals surface area contributed by atoms with E-state index in [4.69, 9.17) is 0 Å². The fourth-order valence-corrected chi connectivity index (χ4v) is 3.77. The van der Waals surface area contributed by atoms with E-state index in [1.54, 1.807) is 36.5 Å². The first-order valence-corrected chi connectivity index (χ1v) is 9.82. The zero-order chi connectivity index (χ0) is 21.4. The first-order valence-electron chi connectivity index (χ1n) is 9.82. The van der Waals surface area contributed by atoms with Crippen LogP contribution < -0.4 is 5.56 Å². The summed E-state index contributed by atoms with van der Waals surface area (Å²) in [5, 5.41) is 21.7. The Morgan fingerprint density at radius 3 is 1.94 bits per heavy atom. The highest BCUT2D eigenvalue weighted by atomic mass is 16.5.